The van der Waals surface area contributed by atoms with Gasteiger partial charge in [0.05, 0.1) is 18.0 Å². The topological polar surface area (TPSA) is 72.7 Å². The van der Waals surface area contributed by atoms with Gasteiger partial charge in [0.25, 0.3) is 5.69 Å². The number of carbonyl (C=O) groups excluding carboxylic acids is 1. The van der Waals surface area contributed by atoms with E-state index in [0.29, 0.717) is 12.8 Å². The van der Waals surface area contributed by atoms with Crippen molar-refractivity contribution < 1.29 is 23.2 Å². The van der Waals surface area contributed by atoms with Gasteiger partial charge >= 0.3 is 5.97 Å². The van der Waals surface area contributed by atoms with Crippen LogP contribution in [0.4, 0.5) is 20.2 Å². The predicted octanol–water partition coefficient (Wildman–Crippen LogP) is 2.26. The molecule has 1 heterocycles. The maximum atomic E-state index is 13.9. The molecule has 0 radical (unpaired) electrons. The predicted molar refractivity (Wildman–Crippen MR) is 70.0 cm³/mol. The van der Waals surface area contributed by atoms with Crippen LogP contribution in [-0.2, 0) is 9.53 Å². The number of benzene rings is 1. The summed E-state index contributed by atoms with van der Waals surface area (Å²) < 4.78 is 31.9. The van der Waals surface area contributed by atoms with E-state index in [1.54, 1.807) is 0 Å². The lowest BCUT2D eigenvalue weighted by molar-refractivity contribution is -0.384. The van der Waals surface area contributed by atoms with E-state index < -0.39 is 22.2 Å². The van der Waals surface area contributed by atoms with Gasteiger partial charge in [-0.1, -0.05) is 0 Å². The van der Waals surface area contributed by atoms with Crippen LogP contribution in [0.2, 0.25) is 0 Å². The van der Waals surface area contributed by atoms with Crippen molar-refractivity contribution in [2.75, 3.05) is 25.1 Å². The Hall–Kier alpha value is -2.25. The van der Waals surface area contributed by atoms with Crippen molar-refractivity contribution in [2.24, 2.45) is 5.92 Å². The van der Waals surface area contributed by atoms with Gasteiger partial charge in [-0.15, -0.1) is 0 Å². The van der Waals surface area contributed by atoms with Gasteiger partial charge < -0.3 is 9.64 Å². The van der Waals surface area contributed by atoms with E-state index in [0.717, 1.165) is 12.1 Å². The number of halogens is 2. The van der Waals surface area contributed by atoms with Gasteiger partial charge in [0.15, 0.2) is 17.3 Å². The first-order valence-electron chi connectivity index (χ1n) is 6.41. The van der Waals surface area contributed by atoms with Gasteiger partial charge in [-0.3, -0.25) is 14.9 Å². The molecule has 0 amide bonds. The van der Waals surface area contributed by atoms with Gasteiger partial charge in [-0.2, -0.15) is 0 Å². The molecule has 0 aliphatic carbocycles. The molecule has 0 N–H and O–H groups in total. The highest BCUT2D eigenvalue weighted by Gasteiger charge is 2.31. The molecular formula is C13H14F2N2O4. The van der Waals surface area contributed by atoms with Crippen LogP contribution >= 0.6 is 0 Å². The van der Waals surface area contributed by atoms with E-state index in [-0.39, 0.29) is 30.7 Å². The van der Waals surface area contributed by atoms with Crippen molar-refractivity contribution in [2.45, 2.75) is 12.8 Å². The fourth-order valence-corrected chi connectivity index (χ4v) is 2.48. The molecular weight excluding hydrogens is 286 g/mol. The van der Waals surface area contributed by atoms with Crippen LogP contribution in [0.5, 0.6) is 0 Å². The highest BCUT2D eigenvalue weighted by atomic mass is 19.2. The second-order valence-electron chi connectivity index (χ2n) is 4.77. The maximum Gasteiger partial charge on any atom is 0.308 e. The second-order valence-corrected chi connectivity index (χ2v) is 4.77. The summed E-state index contributed by atoms with van der Waals surface area (Å²) in [5, 5.41) is 11.0. The third-order valence-electron chi connectivity index (χ3n) is 3.59. The highest BCUT2D eigenvalue weighted by Crippen LogP contribution is 2.35. The first-order valence-corrected chi connectivity index (χ1v) is 6.41. The van der Waals surface area contributed by atoms with Crippen molar-refractivity contribution in [1.29, 1.82) is 0 Å². The standard InChI is InChI=1S/C13H14F2N2O4/c1-21-13(18)8-4-6-16(7-5-8)12-10(17(19)20)3-2-9(14)11(12)15/h2-3,8H,4-7H2,1H3. The Morgan fingerprint density at radius 1 is 1.38 bits per heavy atom. The number of esters is 1. The number of hydrogen-bond acceptors (Lipinski definition) is 5. The quantitative estimate of drug-likeness (QED) is 0.486. The molecule has 2 rings (SSSR count). The monoisotopic (exact) mass is 300 g/mol. The van der Waals surface area contributed by atoms with E-state index >= 15 is 0 Å². The van der Waals surface area contributed by atoms with E-state index in [1.165, 1.54) is 12.0 Å². The summed E-state index contributed by atoms with van der Waals surface area (Å²) >= 11 is 0. The molecule has 1 saturated heterocycles. The van der Waals surface area contributed by atoms with E-state index in [2.05, 4.69) is 4.74 Å². The van der Waals surface area contributed by atoms with Crippen molar-refractivity contribution in [3.8, 4) is 0 Å². The number of carbonyl (C=O) groups is 1. The summed E-state index contributed by atoms with van der Waals surface area (Å²) in [6.45, 7) is 0.446. The molecule has 1 aliphatic rings. The lowest BCUT2D eigenvalue weighted by Crippen LogP contribution is -2.37. The minimum Gasteiger partial charge on any atom is -0.469 e. The second kappa shape index (κ2) is 6.02. The van der Waals surface area contributed by atoms with Gasteiger partial charge in [0, 0.05) is 19.2 Å². The van der Waals surface area contributed by atoms with Crippen LogP contribution in [0, 0.1) is 27.7 Å². The van der Waals surface area contributed by atoms with Crippen LogP contribution in [-0.4, -0.2) is 31.1 Å². The molecule has 0 saturated carbocycles. The van der Waals surface area contributed by atoms with Crippen molar-refractivity contribution in [3.63, 3.8) is 0 Å². The maximum absolute atomic E-state index is 13.9. The molecule has 0 unspecified atom stereocenters. The molecule has 1 fully saturated rings. The van der Waals surface area contributed by atoms with Gasteiger partial charge in [-0.25, -0.2) is 8.78 Å². The first-order chi connectivity index (χ1) is 9.95. The van der Waals surface area contributed by atoms with Gasteiger partial charge in [0.2, 0.25) is 0 Å². The van der Waals surface area contributed by atoms with Crippen molar-refractivity contribution >= 4 is 17.3 Å². The van der Waals surface area contributed by atoms with E-state index in [9.17, 15) is 23.7 Å². The third-order valence-corrected chi connectivity index (χ3v) is 3.59. The smallest absolute Gasteiger partial charge is 0.308 e. The van der Waals surface area contributed by atoms with Crippen molar-refractivity contribution in [3.05, 3.63) is 33.9 Å². The zero-order valence-electron chi connectivity index (χ0n) is 11.3. The SMILES string of the molecule is COC(=O)C1CCN(c2c([N+](=O)[O-])ccc(F)c2F)CC1. The Balaban J connectivity index is 2.26. The largest absolute Gasteiger partial charge is 0.469 e. The van der Waals surface area contributed by atoms with Crippen LogP contribution in [0.3, 0.4) is 0 Å². The van der Waals surface area contributed by atoms with Crippen LogP contribution in [0.1, 0.15) is 12.8 Å². The number of anilines is 1. The number of rotatable bonds is 3. The average Bonchev–Trinajstić information content (AvgIpc) is 2.49. The Labute approximate surface area is 119 Å². The highest BCUT2D eigenvalue weighted by molar-refractivity contribution is 5.73. The molecule has 1 aromatic carbocycles. The summed E-state index contributed by atoms with van der Waals surface area (Å²) in [5.41, 5.74) is -0.839. The lowest BCUT2D eigenvalue weighted by atomic mass is 9.96. The zero-order valence-corrected chi connectivity index (χ0v) is 11.3. The van der Waals surface area contributed by atoms with Crippen molar-refractivity contribution in [1.82, 2.24) is 0 Å². The molecule has 0 aromatic heterocycles. The molecule has 21 heavy (non-hydrogen) atoms. The summed E-state index contributed by atoms with van der Waals surface area (Å²) in [5.74, 6) is -3.04. The van der Waals surface area contributed by atoms with E-state index in [1.807, 2.05) is 0 Å². The van der Waals surface area contributed by atoms with Gasteiger partial charge in [0.1, 0.15) is 0 Å². The normalized spacial score (nSPS) is 15.9. The number of piperidine rings is 1. The number of ether oxygens (including phenoxy) is 1. The summed E-state index contributed by atoms with van der Waals surface area (Å²) in [6, 6.07) is 1.68. The molecule has 1 aliphatic heterocycles. The summed E-state index contributed by atoms with van der Waals surface area (Å²) in [4.78, 5) is 23.0. The third kappa shape index (κ3) is 2.93. The summed E-state index contributed by atoms with van der Waals surface area (Å²) in [7, 11) is 1.28. The molecule has 0 bridgehead atoms. The van der Waals surface area contributed by atoms with E-state index in [4.69, 9.17) is 0 Å². The number of nitrogens with zero attached hydrogens (tertiary/aromatic N) is 2. The van der Waals surface area contributed by atoms with Gasteiger partial charge in [-0.05, 0) is 18.9 Å². The van der Waals surface area contributed by atoms with Crippen LogP contribution in [0.15, 0.2) is 12.1 Å². The Bertz CT molecular complexity index is 572. The number of nitro groups is 1. The number of hydrogen-bond donors (Lipinski definition) is 0. The van der Waals surface area contributed by atoms with Crippen LogP contribution < -0.4 is 4.90 Å². The number of nitro benzene ring substituents is 1. The number of methoxy groups -OCH3 is 1. The Morgan fingerprint density at radius 2 is 2.00 bits per heavy atom. The average molecular weight is 300 g/mol. The molecule has 8 heteroatoms. The fourth-order valence-electron chi connectivity index (χ4n) is 2.48. The molecule has 1 aromatic rings. The molecule has 114 valence electrons. The molecule has 0 atom stereocenters. The lowest BCUT2D eigenvalue weighted by Gasteiger charge is -2.32. The molecule has 0 spiro atoms. The summed E-state index contributed by atoms with van der Waals surface area (Å²) in [6.07, 6.45) is 0.750. The Morgan fingerprint density at radius 3 is 2.52 bits per heavy atom. The minimum absolute atomic E-state index is 0.223. The molecule has 6 nitrogen and oxygen atoms in total. The Kier molecular flexibility index (Phi) is 4.35. The van der Waals surface area contributed by atoms with Crippen LogP contribution in [0.25, 0.3) is 0 Å². The zero-order chi connectivity index (χ0) is 15.6. The first kappa shape index (κ1) is 15.1. The minimum atomic E-state index is -1.24. The fraction of sp³-hybridized carbons (Fsp3) is 0.462.